The van der Waals surface area contributed by atoms with E-state index in [4.69, 9.17) is 0 Å². The van der Waals surface area contributed by atoms with Crippen LogP contribution in [-0.2, 0) is 0 Å². The Bertz CT molecular complexity index is 1670. The highest BCUT2D eigenvalue weighted by Crippen LogP contribution is 2.59. The van der Waals surface area contributed by atoms with E-state index in [1.807, 2.05) is 60.3 Å². The second kappa shape index (κ2) is 10.3. The van der Waals surface area contributed by atoms with Crippen LogP contribution in [0.25, 0.3) is 27.8 Å². The van der Waals surface area contributed by atoms with Crippen molar-refractivity contribution in [2.45, 2.75) is 48.2 Å². The molecule has 2 atom stereocenters. The molecular formula is C37H32FNS. The maximum atomic E-state index is 16.2. The summed E-state index contributed by atoms with van der Waals surface area (Å²) in [5, 5.41) is 3.65. The fourth-order valence-corrected chi connectivity index (χ4v) is 7.88. The first-order chi connectivity index (χ1) is 19.6. The van der Waals surface area contributed by atoms with Crippen molar-refractivity contribution in [3.8, 4) is 22.3 Å². The monoisotopic (exact) mass is 541 g/mol. The fourth-order valence-electron chi connectivity index (χ4n) is 6.46. The van der Waals surface area contributed by atoms with Crippen molar-refractivity contribution in [1.29, 1.82) is 0 Å². The molecule has 0 bridgehead atoms. The number of allylic oxidation sites excluding steroid dienone is 5. The topological polar surface area (TPSA) is 12.0 Å². The van der Waals surface area contributed by atoms with E-state index in [2.05, 4.69) is 73.0 Å². The zero-order valence-electron chi connectivity index (χ0n) is 22.7. The minimum atomic E-state index is -0.246. The number of hydrogen-bond acceptors (Lipinski definition) is 2. The van der Waals surface area contributed by atoms with Crippen LogP contribution in [0.5, 0.6) is 0 Å². The van der Waals surface area contributed by atoms with E-state index >= 15 is 4.39 Å². The third kappa shape index (κ3) is 4.43. The number of benzene rings is 4. The van der Waals surface area contributed by atoms with Crippen LogP contribution in [0.3, 0.4) is 0 Å². The summed E-state index contributed by atoms with van der Waals surface area (Å²) in [7, 11) is 0. The molecule has 1 nitrogen and oxygen atoms in total. The van der Waals surface area contributed by atoms with Gasteiger partial charge in [-0.3, -0.25) is 0 Å². The maximum absolute atomic E-state index is 16.2. The smallest absolute Gasteiger partial charge is 0.147 e. The highest BCUT2D eigenvalue weighted by atomic mass is 32.2. The molecular weight excluding hydrogens is 509 g/mol. The minimum Gasteiger partial charge on any atom is -0.352 e. The van der Waals surface area contributed by atoms with Crippen molar-refractivity contribution in [3.63, 3.8) is 0 Å². The molecule has 0 fully saturated rings. The number of fused-ring (bicyclic) bond motifs is 3. The van der Waals surface area contributed by atoms with Crippen molar-refractivity contribution in [1.82, 2.24) is 0 Å². The van der Waals surface area contributed by atoms with Crippen LogP contribution in [0, 0.1) is 5.82 Å². The lowest BCUT2D eigenvalue weighted by atomic mass is 9.78. The molecule has 0 spiro atoms. The zero-order valence-corrected chi connectivity index (χ0v) is 23.5. The summed E-state index contributed by atoms with van der Waals surface area (Å²) < 4.78 is 16.2. The molecule has 0 saturated heterocycles. The number of thioether (sulfide) groups is 1. The minimum absolute atomic E-state index is 0.00252. The van der Waals surface area contributed by atoms with E-state index in [0.717, 1.165) is 40.8 Å². The van der Waals surface area contributed by atoms with Gasteiger partial charge in [-0.15, -0.1) is 11.8 Å². The van der Waals surface area contributed by atoms with Crippen molar-refractivity contribution < 1.29 is 4.39 Å². The van der Waals surface area contributed by atoms with E-state index in [-0.39, 0.29) is 16.5 Å². The van der Waals surface area contributed by atoms with E-state index in [0.29, 0.717) is 5.69 Å². The van der Waals surface area contributed by atoms with Gasteiger partial charge >= 0.3 is 0 Å². The molecule has 3 aliphatic rings. The van der Waals surface area contributed by atoms with Crippen LogP contribution in [-0.4, -0.2) is 4.75 Å². The Balaban J connectivity index is 1.41. The van der Waals surface area contributed by atoms with Gasteiger partial charge < -0.3 is 5.32 Å². The lowest BCUT2D eigenvalue weighted by Gasteiger charge is -2.29. The lowest BCUT2D eigenvalue weighted by molar-refractivity contribution is 0.632. The van der Waals surface area contributed by atoms with Gasteiger partial charge in [-0.2, -0.15) is 0 Å². The summed E-state index contributed by atoms with van der Waals surface area (Å²) in [5.41, 5.74) is 9.29. The van der Waals surface area contributed by atoms with Crippen molar-refractivity contribution >= 4 is 28.7 Å². The molecule has 0 radical (unpaired) electrons. The van der Waals surface area contributed by atoms with Crippen LogP contribution in [0.4, 0.5) is 15.8 Å². The SMILES string of the molecule is CC12C=CC=CC1c1c(ccc(Nc3c(F)cc(-c4ccccc4)cc3-c3ccccc3)c1C1=CCCCC1)S2. The number of hydrogen-bond donors (Lipinski definition) is 1. The standard InChI is InChI=1S/C37H32FNS/c1-37-22-12-11-19-30(37)35-33(40-37)21-20-32(34(35)27-17-9-4-10-18-27)39-36-29(26-15-7-3-8-16-26)23-28(24-31(36)38)25-13-5-2-6-14-25/h2-3,5-8,11-17,19-24,30,39H,4,9-10,18H2,1H3. The Morgan fingerprint density at radius 3 is 2.38 bits per heavy atom. The summed E-state index contributed by atoms with van der Waals surface area (Å²) in [5.74, 6) is 0.0416. The predicted octanol–water partition coefficient (Wildman–Crippen LogP) is 10.9. The average Bonchev–Trinajstić information content (AvgIpc) is 3.31. The van der Waals surface area contributed by atoms with Gasteiger partial charge in [0.05, 0.1) is 5.69 Å². The molecule has 2 aliphatic carbocycles. The predicted molar refractivity (Wildman–Crippen MR) is 169 cm³/mol. The molecule has 198 valence electrons. The van der Waals surface area contributed by atoms with Gasteiger partial charge in [-0.05, 0) is 84.7 Å². The lowest BCUT2D eigenvalue weighted by Crippen LogP contribution is -2.23. The summed E-state index contributed by atoms with van der Waals surface area (Å²) in [4.78, 5) is 1.33. The summed E-state index contributed by atoms with van der Waals surface area (Å²) in [6.07, 6.45) is 16.0. The number of halogens is 1. The highest BCUT2D eigenvalue weighted by molar-refractivity contribution is 8.01. The number of nitrogens with one attached hydrogen (secondary N) is 1. The van der Waals surface area contributed by atoms with Gasteiger partial charge in [0.25, 0.3) is 0 Å². The van der Waals surface area contributed by atoms with Gasteiger partial charge in [0.15, 0.2) is 0 Å². The van der Waals surface area contributed by atoms with Crippen molar-refractivity contribution in [2.75, 3.05) is 5.32 Å². The summed E-state index contributed by atoms with van der Waals surface area (Å²) in [6.45, 7) is 2.34. The molecule has 0 aromatic heterocycles. The van der Waals surface area contributed by atoms with Gasteiger partial charge in [0.1, 0.15) is 5.82 Å². The molecule has 7 rings (SSSR count). The van der Waals surface area contributed by atoms with Gasteiger partial charge in [-0.1, -0.05) is 91.0 Å². The summed E-state index contributed by atoms with van der Waals surface area (Å²) in [6, 6.07) is 28.4. The third-order valence-corrected chi connectivity index (χ3v) is 9.87. The molecule has 1 N–H and O–H groups in total. The molecule has 4 aromatic rings. The Hall–Kier alpha value is -3.82. The van der Waals surface area contributed by atoms with Gasteiger partial charge in [0, 0.05) is 32.4 Å². The fraction of sp³-hybridized carbons (Fsp3) is 0.189. The van der Waals surface area contributed by atoms with E-state index in [1.165, 1.54) is 34.4 Å². The molecule has 1 aliphatic heterocycles. The Morgan fingerprint density at radius 2 is 1.62 bits per heavy atom. The quantitative estimate of drug-likeness (QED) is 0.270. The molecule has 2 unspecified atom stereocenters. The molecule has 0 amide bonds. The number of rotatable bonds is 5. The molecule has 40 heavy (non-hydrogen) atoms. The van der Waals surface area contributed by atoms with E-state index < -0.39 is 0 Å². The van der Waals surface area contributed by atoms with E-state index in [1.54, 1.807) is 6.07 Å². The van der Waals surface area contributed by atoms with Crippen LogP contribution in [0.2, 0.25) is 0 Å². The average molecular weight is 542 g/mol. The Kier molecular flexibility index (Phi) is 6.48. The maximum Gasteiger partial charge on any atom is 0.147 e. The van der Waals surface area contributed by atoms with Crippen LogP contribution in [0.15, 0.2) is 120 Å². The second-order valence-corrected chi connectivity index (χ2v) is 12.6. The first-order valence-corrected chi connectivity index (χ1v) is 15.1. The molecule has 4 aromatic carbocycles. The molecule has 1 heterocycles. The Morgan fingerprint density at radius 1 is 0.850 bits per heavy atom. The van der Waals surface area contributed by atoms with Crippen molar-refractivity contribution in [2.24, 2.45) is 0 Å². The van der Waals surface area contributed by atoms with Gasteiger partial charge in [-0.25, -0.2) is 4.39 Å². The second-order valence-electron chi connectivity index (χ2n) is 11.1. The number of anilines is 2. The largest absolute Gasteiger partial charge is 0.352 e. The first kappa shape index (κ1) is 25.2. The van der Waals surface area contributed by atoms with Crippen LogP contribution in [0.1, 0.15) is 49.7 Å². The molecule has 0 saturated carbocycles. The molecule has 3 heteroatoms. The normalized spacial score (nSPS) is 21.1. The highest BCUT2D eigenvalue weighted by Gasteiger charge is 2.43. The van der Waals surface area contributed by atoms with Crippen LogP contribution < -0.4 is 5.32 Å². The summed E-state index contributed by atoms with van der Waals surface area (Å²) >= 11 is 1.95. The van der Waals surface area contributed by atoms with E-state index in [9.17, 15) is 0 Å². The Labute approximate surface area is 240 Å². The first-order valence-electron chi connectivity index (χ1n) is 14.2. The third-order valence-electron chi connectivity index (χ3n) is 8.46. The van der Waals surface area contributed by atoms with Gasteiger partial charge in [0.2, 0.25) is 0 Å². The van der Waals surface area contributed by atoms with Crippen LogP contribution >= 0.6 is 11.8 Å². The van der Waals surface area contributed by atoms with Crippen molar-refractivity contribution in [3.05, 3.63) is 132 Å². The zero-order chi connectivity index (χ0) is 27.1.